The molecule has 0 amide bonds. The number of benzene rings is 1. The molecule has 0 aliphatic heterocycles. The Balaban J connectivity index is 1.95. The van der Waals surface area contributed by atoms with E-state index in [9.17, 15) is 0 Å². The Kier molecular flexibility index (Phi) is 6.03. The maximum absolute atomic E-state index is 5.90. The van der Waals surface area contributed by atoms with Crippen molar-refractivity contribution in [3.8, 4) is 11.6 Å². The van der Waals surface area contributed by atoms with Gasteiger partial charge in [0.1, 0.15) is 5.75 Å². The van der Waals surface area contributed by atoms with Gasteiger partial charge in [-0.15, -0.1) is 0 Å². The Bertz CT molecular complexity index is 587. The van der Waals surface area contributed by atoms with Crippen molar-refractivity contribution >= 4 is 27.5 Å². The number of rotatable bonds is 6. The van der Waals surface area contributed by atoms with Crippen LogP contribution >= 0.6 is 27.5 Å². The lowest BCUT2D eigenvalue weighted by Gasteiger charge is -2.09. The second kappa shape index (κ2) is 7.78. The summed E-state index contributed by atoms with van der Waals surface area (Å²) >= 11 is 9.32. The monoisotopic (exact) mass is 368 g/mol. The van der Waals surface area contributed by atoms with Gasteiger partial charge in [0.05, 0.1) is 4.47 Å². The quantitative estimate of drug-likeness (QED) is 0.775. The summed E-state index contributed by atoms with van der Waals surface area (Å²) in [6, 6.07) is 9.27. The van der Waals surface area contributed by atoms with E-state index in [1.165, 1.54) is 0 Å². The predicted molar refractivity (Wildman–Crippen MR) is 90.0 cm³/mol. The second-order valence-electron chi connectivity index (χ2n) is 5.21. The third kappa shape index (κ3) is 5.30. The fraction of sp³-hybridized carbons (Fsp3) is 0.312. The van der Waals surface area contributed by atoms with Crippen LogP contribution in [0.3, 0.4) is 0 Å². The number of hydrogen-bond donors (Lipinski definition) is 1. The molecule has 5 heteroatoms. The topological polar surface area (TPSA) is 34.1 Å². The van der Waals surface area contributed by atoms with Crippen molar-refractivity contribution in [3.05, 3.63) is 51.6 Å². The molecule has 1 heterocycles. The molecule has 0 bridgehead atoms. The van der Waals surface area contributed by atoms with E-state index in [1.54, 1.807) is 12.1 Å². The van der Waals surface area contributed by atoms with E-state index >= 15 is 0 Å². The van der Waals surface area contributed by atoms with Gasteiger partial charge in [0.25, 0.3) is 0 Å². The molecule has 0 saturated carbocycles. The fourth-order valence-corrected chi connectivity index (χ4v) is 2.52. The molecule has 0 spiro atoms. The minimum atomic E-state index is 0.561. The van der Waals surface area contributed by atoms with Gasteiger partial charge >= 0.3 is 0 Å². The smallest absolute Gasteiger partial charge is 0.219 e. The van der Waals surface area contributed by atoms with Gasteiger partial charge in [-0.1, -0.05) is 31.5 Å². The van der Waals surface area contributed by atoms with Gasteiger partial charge in [0, 0.05) is 23.8 Å². The molecule has 1 aromatic heterocycles. The standard InChI is InChI=1S/C16H18BrClN2O/c1-11(2)8-19-9-12-3-6-16(20-10-12)21-15-5-4-13(18)7-14(15)17/h3-7,10-11,19H,8-9H2,1-2H3. The summed E-state index contributed by atoms with van der Waals surface area (Å²) in [7, 11) is 0. The van der Waals surface area contributed by atoms with Gasteiger partial charge < -0.3 is 10.1 Å². The normalized spacial score (nSPS) is 10.9. The number of hydrogen-bond acceptors (Lipinski definition) is 3. The molecule has 1 aromatic carbocycles. The Hall–Kier alpha value is -1.10. The van der Waals surface area contributed by atoms with Crippen molar-refractivity contribution in [2.24, 2.45) is 5.92 Å². The largest absolute Gasteiger partial charge is 0.438 e. The van der Waals surface area contributed by atoms with Gasteiger partial charge in [0.2, 0.25) is 5.88 Å². The van der Waals surface area contributed by atoms with Crippen LogP contribution < -0.4 is 10.1 Å². The highest BCUT2D eigenvalue weighted by molar-refractivity contribution is 9.10. The Morgan fingerprint density at radius 1 is 1.29 bits per heavy atom. The number of nitrogens with one attached hydrogen (secondary N) is 1. The first-order chi connectivity index (χ1) is 10.0. The van der Waals surface area contributed by atoms with Crippen LogP contribution in [0.5, 0.6) is 11.6 Å². The first kappa shape index (κ1) is 16.3. The van der Waals surface area contributed by atoms with Crippen molar-refractivity contribution in [1.29, 1.82) is 0 Å². The molecule has 2 aromatic rings. The highest BCUT2D eigenvalue weighted by Gasteiger charge is 2.05. The number of pyridine rings is 1. The molecular weight excluding hydrogens is 352 g/mol. The summed E-state index contributed by atoms with van der Waals surface area (Å²) in [5.74, 6) is 1.89. The molecule has 0 radical (unpaired) electrons. The first-order valence-electron chi connectivity index (χ1n) is 6.83. The van der Waals surface area contributed by atoms with Crippen LogP contribution in [-0.4, -0.2) is 11.5 Å². The summed E-state index contributed by atoms with van der Waals surface area (Å²) in [5.41, 5.74) is 1.14. The average Bonchev–Trinajstić information content (AvgIpc) is 2.43. The van der Waals surface area contributed by atoms with E-state index in [2.05, 4.69) is 40.1 Å². The second-order valence-corrected chi connectivity index (χ2v) is 6.50. The van der Waals surface area contributed by atoms with E-state index in [-0.39, 0.29) is 0 Å². The average molecular weight is 370 g/mol. The third-order valence-corrected chi connectivity index (χ3v) is 3.64. The number of ether oxygens (including phenoxy) is 1. The number of aromatic nitrogens is 1. The van der Waals surface area contributed by atoms with E-state index in [4.69, 9.17) is 16.3 Å². The lowest BCUT2D eigenvalue weighted by molar-refractivity contribution is 0.459. The van der Waals surface area contributed by atoms with Crippen molar-refractivity contribution in [2.45, 2.75) is 20.4 Å². The summed E-state index contributed by atoms with van der Waals surface area (Å²) in [6.45, 7) is 6.18. The molecular formula is C16H18BrClN2O. The highest BCUT2D eigenvalue weighted by atomic mass is 79.9. The summed E-state index contributed by atoms with van der Waals surface area (Å²) in [6.07, 6.45) is 1.83. The fourth-order valence-electron chi connectivity index (χ4n) is 1.75. The van der Waals surface area contributed by atoms with Gasteiger partial charge in [0.15, 0.2) is 0 Å². The van der Waals surface area contributed by atoms with Crippen LogP contribution in [-0.2, 0) is 6.54 Å². The molecule has 112 valence electrons. The minimum Gasteiger partial charge on any atom is -0.438 e. The first-order valence-corrected chi connectivity index (χ1v) is 8.00. The van der Waals surface area contributed by atoms with Crippen molar-refractivity contribution in [3.63, 3.8) is 0 Å². The maximum Gasteiger partial charge on any atom is 0.219 e. The molecule has 0 fully saturated rings. The van der Waals surface area contributed by atoms with Crippen LogP contribution in [0, 0.1) is 5.92 Å². The lowest BCUT2D eigenvalue weighted by atomic mass is 10.2. The van der Waals surface area contributed by atoms with Crippen molar-refractivity contribution in [1.82, 2.24) is 10.3 Å². The van der Waals surface area contributed by atoms with Gasteiger partial charge in [-0.05, 0) is 52.2 Å². The summed E-state index contributed by atoms with van der Waals surface area (Å²) in [5, 5.41) is 4.04. The van der Waals surface area contributed by atoms with E-state index in [0.29, 0.717) is 22.6 Å². The zero-order valence-corrected chi connectivity index (χ0v) is 14.4. The van der Waals surface area contributed by atoms with Crippen molar-refractivity contribution < 1.29 is 4.74 Å². The molecule has 21 heavy (non-hydrogen) atoms. The molecule has 0 unspecified atom stereocenters. The SMILES string of the molecule is CC(C)CNCc1ccc(Oc2ccc(Cl)cc2Br)nc1. The number of nitrogens with zero attached hydrogens (tertiary/aromatic N) is 1. The van der Waals surface area contributed by atoms with Gasteiger partial charge in [-0.2, -0.15) is 0 Å². The van der Waals surface area contributed by atoms with Crippen molar-refractivity contribution in [2.75, 3.05) is 6.54 Å². The van der Waals surface area contributed by atoms with Gasteiger partial charge in [-0.25, -0.2) is 4.98 Å². The van der Waals surface area contributed by atoms with Crippen LogP contribution in [0.2, 0.25) is 5.02 Å². The lowest BCUT2D eigenvalue weighted by Crippen LogP contribution is -2.18. The Labute approximate surface area is 138 Å². The molecule has 1 N–H and O–H groups in total. The van der Waals surface area contributed by atoms with E-state index in [1.807, 2.05) is 24.4 Å². The minimum absolute atomic E-state index is 0.561. The summed E-state index contributed by atoms with van der Waals surface area (Å²) < 4.78 is 6.53. The van der Waals surface area contributed by atoms with Crippen LogP contribution in [0.15, 0.2) is 41.0 Å². The molecule has 0 aliphatic rings. The Morgan fingerprint density at radius 3 is 2.71 bits per heavy atom. The maximum atomic E-state index is 5.90. The molecule has 0 saturated heterocycles. The van der Waals surface area contributed by atoms with E-state index in [0.717, 1.165) is 23.1 Å². The number of halogens is 2. The van der Waals surface area contributed by atoms with Crippen LogP contribution in [0.25, 0.3) is 0 Å². The zero-order chi connectivity index (χ0) is 15.2. The summed E-state index contributed by atoms with van der Waals surface area (Å²) in [4.78, 5) is 4.32. The van der Waals surface area contributed by atoms with Crippen LogP contribution in [0.4, 0.5) is 0 Å². The highest BCUT2D eigenvalue weighted by Crippen LogP contribution is 2.31. The predicted octanol–water partition coefficient (Wildman–Crippen LogP) is 5.04. The molecule has 3 nitrogen and oxygen atoms in total. The molecule has 2 rings (SSSR count). The zero-order valence-electron chi connectivity index (χ0n) is 12.1. The Morgan fingerprint density at radius 2 is 2.10 bits per heavy atom. The van der Waals surface area contributed by atoms with E-state index < -0.39 is 0 Å². The van der Waals surface area contributed by atoms with Gasteiger partial charge in [-0.3, -0.25) is 0 Å². The molecule has 0 atom stereocenters. The molecule has 0 aliphatic carbocycles. The van der Waals surface area contributed by atoms with Crippen LogP contribution in [0.1, 0.15) is 19.4 Å². The third-order valence-electron chi connectivity index (χ3n) is 2.79.